The second kappa shape index (κ2) is 11.6. The van der Waals surface area contributed by atoms with Crippen molar-refractivity contribution in [2.45, 2.75) is 25.3 Å². The van der Waals surface area contributed by atoms with E-state index in [9.17, 15) is 9.59 Å². The molecule has 2 atom stereocenters. The van der Waals surface area contributed by atoms with E-state index >= 15 is 0 Å². The van der Waals surface area contributed by atoms with E-state index in [1.165, 1.54) is 0 Å². The molecule has 2 unspecified atom stereocenters. The minimum absolute atomic E-state index is 0.0332. The minimum atomic E-state index is -0.512. The Bertz CT molecular complexity index is 1190. The minimum Gasteiger partial charge on any atom is -0.497 e. The smallest absolute Gasteiger partial charge is 0.227 e. The van der Waals surface area contributed by atoms with Gasteiger partial charge in [0.2, 0.25) is 11.8 Å². The van der Waals surface area contributed by atoms with E-state index in [2.05, 4.69) is 5.32 Å². The summed E-state index contributed by atoms with van der Waals surface area (Å²) < 4.78 is 16.4. The van der Waals surface area contributed by atoms with E-state index in [0.717, 1.165) is 16.9 Å². The second-order valence-corrected chi connectivity index (χ2v) is 8.65. The van der Waals surface area contributed by atoms with Crippen LogP contribution in [0.5, 0.6) is 17.2 Å². The molecule has 3 aromatic carbocycles. The molecule has 188 valence electrons. The number of carbonyl (C=O) groups excluding carboxylic acids is 2. The highest BCUT2D eigenvalue weighted by Crippen LogP contribution is 2.43. The Kier molecular flexibility index (Phi) is 8.10. The van der Waals surface area contributed by atoms with Gasteiger partial charge in [-0.1, -0.05) is 36.4 Å². The molecule has 1 aliphatic heterocycles. The highest BCUT2D eigenvalue weighted by molar-refractivity contribution is 5.97. The van der Waals surface area contributed by atoms with Crippen LogP contribution in [0.4, 0.5) is 5.69 Å². The first-order valence-electron chi connectivity index (χ1n) is 12.1. The molecule has 4 rings (SSSR count). The van der Waals surface area contributed by atoms with Crippen molar-refractivity contribution in [2.24, 2.45) is 5.92 Å². The number of nitrogens with one attached hydrogen (secondary N) is 1. The zero-order valence-corrected chi connectivity index (χ0v) is 20.9. The number of carbonyl (C=O) groups is 2. The fraction of sp³-hybridized carbons (Fsp3) is 0.310. The molecule has 7 nitrogen and oxygen atoms in total. The van der Waals surface area contributed by atoms with Gasteiger partial charge in [0, 0.05) is 24.2 Å². The number of nitrogens with zero attached hydrogens (tertiary/aromatic N) is 1. The maximum Gasteiger partial charge on any atom is 0.227 e. The van der Waals surface area contributed by atoms with Gasteiger partial charge in [0.1, 0.15) is 17.2 Å². The number of ether oxygens (including phenoxy) is 3. The summed E-state index contributed by atoms with van der Waals surface area (Å²) in [6, 6.07) is 22.2. The number of anilines is 1. The molecule has 1 heterocycles. The molecule has 1 saturated heterocycles. The Labute approximate surface area is 212 Å². The molecule has 3 aromatic rings. The Morgan fingerprint density at radius 2 is 1.56 bits per heavy atom. The second-order valence-electron chi connectivity index (χ2n) is 8.65. The van der Waals surface area contributed by atoms with Crippen molar-refractivity contribution < 1.29 is 23.8 Å². The summed E-state index contributed by atoms with van der Waals surface area (Å²) in [6.45, 7) is 0.463. The fourth-order valence-electron chi connectivity index (χ4n) is 4.84. The average molecular weight is 489 g/mol. The van der Waals surface area contributed by atoms with Crippen LogP contribution in [0.3, 0.4) is 0 Å². The molecule has 0 aromatic heterocycles. The van der Waals surface area contributed by atoms with Crippen LogP contribution in [-0.4, -0.2) is 39.7 Å². The summed E-state index contributed by atoms with van der Waals surface area (Å²) in [4.78, 5) is 28.6. The van der Waals surface area contributed by atoms with Crippen LogP contribution in [-0.2, 0) is 16.0 Å². The van der Waals surface area contributed by atoms with E-state index in [4.69, 9.17) is 14.2 Å². The van der Waals surface area contributed by atoms with Crippen LogP contribution in [0.25, 0.3) is 0 Å². The first-order valence-corrected chi connectivity index (χ1v) is 12.1. The molecule has 0 saturated carbocycles. The van der Waals surface area contributed by atoms with Crippen LogP contribution in [0.1, 0.15) is 30.0 Å². The first kappa shape index (κ1) is 25.1. The molecule has 7 heteroatoms. The number of hydrogen-bond acceptors (Lipinski definition) is 5. The van der Waals surface area contributed by atoms with Crippen LogP contribution >= 0.6 is 0 Å². The number of benzene rings is 3. The SMILES string of the molecule is COc1ccc(N2C(=O)CCC(C(=O)NCCc3ccccc3OC)C2c2ccccc2OC)cc1. The standard InChI is InChI=1S/C29H32N2O5/c1-34-22-14-12-21(13-15-22)31-27(32)17-16-24(28(31)23-9-5-7-11-26(23)36-3)29(33)30-19-18-20-8-4-6-10-25(20)35-2/h4-15,24,28H,16-19H2,1-3H3,(H,30,33). The van der Waals surface area contributed by atoms with Gasteiger partial charge in [0.25, 0.3) is 0 Å². The van der Waals surface area contributed by atoms with Gasteiger partial charge in [-0.25, -0.2) is 0 Å². The number of hydrogen-bond donors (Lipinski definition) is 1. The molecule has 1 fully saturated rings. The van der Waals surface area contributed by atoms with Gasteiger partial charge in [-0.05, 0) is 54.8 Å². The lowest BCUT2D eigenvalue weighted by atomic mass is 9.82. The lowest BCUT2D eigenvalue weighted by Gasteiger charge is -2.41. The fourth-order valence-corrected chi connectivity index (χ4v) is 4.84. The lowest BCUT2D eigenvalue weighted by Crippen LogP contribution is -2.48. The number of rotatable bonds is 9. The summed E-state index contributed by atoms with van der Waals surface area (Å²) in [5.41, 5.74) is 2.54. The van der Waals surface area contributed by atoms with E-state index < -0.39 is 12.0 Å². The number of amides is 2. The van der Waals surface area contributed by atoms with Crippen LogP contribution < -0.4 is 24.4 Å². The zero-order valence-electron chi connectivity index (χ0n) is 20.9. The summed E-state index contributed by atoms with van der Waals surface area (Å²) in [5.74, 6) is 1.57. The number of para-hydroxylation sites is 2. The Balaban J connectivity index is 1.63. The van der Waals surface area contributed by atoms with E-state index in [0.29, 0.717) is 36.6 Å². The molecule has 0 aliphatic carbocycles. The summed E-state index contributed by atoms with van der Waals surface area (Å²) in [5, 5.41) is 3.10. The maximum atomic E-state index is 13.6. The van der Waals surface area contributed by atoms with Crippen LogP contribution in [0.2, 0.25) is 0 Å². The Morgan fingerprint density at radius 3 is 2.25 bits per heavy atom. The quantitative estimate of drug-likeness (QED) is 0.478. The average Bonchev–Trinajstić information content (AvgIpc) is 2.93. The topological polar surface area (TPSA) is 77.1 Å². The van der Waals surface area contributed by atoms with Crippen molar-refractivity contribution in [3.05, 3.63) is 83.9 Å². The van der Waals surface area contributed by atoms with Gasteiger partial charge >= 0.3 is 0 Å². The molecular weight excluding hydrogens is 456 g/mol. The van der Waals surface area contributed by atoms with Crippen molar-refractivity contribution >= 4 is 17.5 Å². The normalized spacial score (nSPS) is 17.4. The van der Waals surface area contributed by atoms with Crippen LogP contribution in [0, 0.1) is 5.92 Å². The number of piperidine rings is 1. The molecule has 1 aliphatic rings. The molecule has 0 bridgehead atoms. The Hall–Kier alpha value is -4.00. The van der Waals surface area contributed by atoms with Gasteiger partial charge in [0.15, 0.2) is 0 Å². The van der Waals surface area contributed by atoms with E-state index in [-0.39, 0.29) is 18.2 Å². The highest BCUT2D eigenvalue weighted by atomic mass is 16.5. The predicted octanol–water partition coefficient (Wildman–Crippen LogP) is 4.56. The first-order chi connectivity index (χ1) is 17.6. The van der Waals surface area contributed by atoms with Gasteiger partial charge in [-0.15, -0.1) is 0 Å². The van der Waals surface area contributed by atoms with Gasteiger partial charge < -0.3 is 24.4 Å². The van der Waals surface area contributed by atoms with Crippen molar-refractivity contribution in [2.75, 3.05) is 32.8 Å². The third-order valence-electron chi connectivity index (χ3n) is 6.63. The molecule has 0 spiro atoms. The van der Waals surface area contributed by atoms with Gasteiger partial charge in [-0.2, -0.15) is 0 Å². The highest BCUT2D eigenvalue weighted by Gasteiger charge is 2.42. The third-order valence-corrected chi connectivity index (χ3v) is 6.63. The van der Waals surface area contributed by atoms with Crippen molar-refractivity contribution in [1.82, 2.24) is 5.32 Å². The zero-order chi connectivity index (χ0) is 25.5. The molecule has 1 N–H and O–H groups in total. The molecule has 0 radical (unpaired) electrons. The van der Waals surface area contributed by atoms with Gasteiger partial charge in [-0.3, -0.25) is 9.59 Å². The number of methoxy groups -OCH3 is 3. The van der Waals surface area contributed by atoms with Crippen molar-refractivity contribution in [1.29, 1.82) is 0 Å². The summed E-state index contributed by atoms with van der Waals surface area (Å²) in [7, 11) is 4.84. The summed E-state index contributed by atoms with van der Waals surface area (Å²) in [6.07, 6.45) is 1.37. The monoisotopic (exact) mass is 488 g/mol. The molecular formula is C29H32N2O5. The largest absolute Gasteiger partial charge is 0.497 e. The lowest BCUT2D eigenvalue weighted by molar-refractivity contribution is -0.129. The predicted molar refractivity (Wildman–Crippen MR) is 139 cm³/mol. The molecule has 2 amide bonds. The van der Waals surface area contributed by atoms with E-state index in [1.54, 1.807) is 26.2 Å². The van der Waals surface area contributed by atoms with Gasteiger partial charge in [0.05, 0.1) is 33.3 Å². The van der Waals surface area contributed by atoms with Crippen molar-refractivity contribution in [3.8, 4) is 17.2 Å². The van der Waals surface area contributed by atoms with Crippen LogP contribution in [0.15, 0.2) is 72.8 Å². The molecule has 36 heavy (non-hydrogen) atoms. The Morgan fingerprint density at radius 1 is 0.889 bits per heavy atom. The third kappa shape index (κ3) is 5.30. The van der Waals surface area contributed by atoms with Crippen molar-refractivity contribution in [3.63, 3.8) is 0 Å². The van der Waals surface area contributed by atoms with E-state index in [1.807, 2.05) is 72.8 Å². The maximum absolute atomic E-state index is 13.6. The summed E-state index contributed by atoms with van der Waals surface area (Å²) >= 11 is 0.